The Bertz CT molecular complexity index is 445. The monoisotopic (exact) mass is 360 g/mol. The van der Waals surface area contributed by atoms with Gasteiger partial charge in [0.2, 0.25) is 0 Å². The van der Waals surface area contributed by atoms with Crippen molar-refractivity contribution in [2.45, 2.75) is 38.4 Å². The molecule has 1 aliphatic carbocycles. The molecule has 1 saturated carbocycles. The quantitative estimate of drug-likeness (QED) is 0.613. The molecule has 0 radical (unpaired) electrons. The molecule has 3 nitrogen and oxygen atoms in total. The van der Waals surface area contributed by atoms with Crippen molar-refractivity contribution in [2.24, 2.45) is 0 Å². The van der Waals surface area contributed by atoms with Gasteiger partial charge in [-0.15, -0.1) is 0 Å². The largest absolute Gasteiger partial charge is 0.456 e. The average Bonchev–Trinajstić information content (AvgIpc) is 2.79. The van der Waals surface area contributed by atoms with E-state index in [-0.39, 0.29) is 18.2 Å². The van der Waals surface area contributed by atoms with Crippen LogP contribution in [-0.4, -0.2) is 25.3 Å². The Labute approximate surface area is 121 Å². The first-order valence-electron chi connectivity index (χ1n) is 6.12. The predicted octanol–water partition coefficient (Wildman–Crippen LogP) is 3.32. The van der Waals surface area contributed by atoms with Gasteiger partial charge in [0.25, 0.3) is 0 Å². The summed E-state index contributed by atoms with van der Waals surface area (Å²) in [5.41, 5.74) is 1.75. The minimum Gasteiger partial charge on any atom is -0.456 e. The first-order chi connectivity index (χ1) is 8.63. The number of carbonyl (C=O) groups excluding carboxylic acids is 1. The molecule has 0 amide bonds. The van der Waals surface area contributed by atoms with Gasteiger partial charge in [-0.05, 0) is 60.4 Å². The van der Waals surface area contributed by atoms with Crippen molar-refractivity contribution >= 4 is 28.6 Å². The van der Waals surface area contributed by atoms with Crippen LogP contribution in [0.15, 0.2) is 18.2 Å². The maximum atomic E-state index is 12.2. The van der Waals surface area contributed by atoms with E-state index >= 15 is 0 Å². The van der Waals surface area contributed by atoms with E-state index in [0.717, 1.165) is 28.4 Å². The second-order valence-corrected chi connectivity index (χ2v) is 5.66. The standard InChI is InChI=1S/C14H17IO3/c1-9-5-3-6-10(13(9)15)14(16)18-12-8-4-7-11(12)17-2/h3,5-6,11-12H,4,7-8H2,1-2H3/t11-,12-/m1/s1. The average molecular weight is 360 g/mol. The van der Waals surface area contributed by atoms with E-state index in [1.54, 1.807) is 7.11 Å². The lowest BCUT2D eigenvalue weighted by molar-refractivity contribution is -0.0207. The number of aryl methyl sites for hydroxylation is 1. The third kappa shape index (κ3) is 2.85. The second-order valence-electron chi connectivity index (χ2n) is 4.59. The third-order valence-electron chi connectivity index (χ3n) is 3.36. The van der Waals surface area contributed by atoms with E-state index in [1.807, 2.05) is 25.1 Å². The van der Waals surface area contributed by atoms with Gasteiger partial charge < -0.3 is 9.47 Å². The van der Waals surface area contributed by atoms with E-state index in [0.29, 0.717) is 5.56 Å². The Kier molecular flexibility index (Phi) is 4.61. The highest BCUT2D eigenvalue weighted by Gasteiger charge is 2.31. The molecule has 0 heterocycles. The van der Waals surface area contributed by atoms with E-state index in [9.17, 15) is 4.79 Å². The van der Waals surface area contributed by atoms with Crippen LogP contribution in [0, 0.1) is 10.5 Å². The number of carbonyl (C=O) groups is 1. The smallest absolute Gasteiger partial charge is 0.339 e. The highest BCUT2D eigenvalue weighted by molar-refractivity contribution is 14.1. The van der Waals surface area contributed by atoms with Gasteiger partial charge in [0, 0.05) is 10.7 Å². The van der Waals surface area contributed by atoms with Crippen LogP contribution >= 0.6 is 22.6 Å². The molecule has 0 aromatic heterocycles. The summed E-state index contributed by atoms with van der Waals surface area (Å²) in [5, 5.41) is 0. The number of methoxy groups -OCH3 is 1. The first-order valence-corrected chi connectivity index (χ1v) is 7.20. The topological polar surface area (TPSA) is 35.5 Å². The van der Waals surface area contributed by atoms with E-state index in [1.165, 1.54) is 0 Å². The predicted molar refractivity (Wildman–Crippen MR) is 77.7 cm³/mol. The Hall–Kier alpha value is -0.620. The summed E-state index contributed by atoms with van der Waals surface area (Å²) in [6.45, 7) is 1.99. The molecule has 1 aromatic carbocycles. The molecule has 0 N–H and O–H groups in total. The normalized spacial score (nSPS) is 23.1. The first kappa shape index (κ1) is 13.8. The molecule has 2 atom stereocenters. The van der Waals surface area contributed by atoms with Gasteiger partial charge in [0.1, 0.15) is 6.10 Å². The highest BCUT2D eigenvalue weighted by Crippen LogP contribution is 2.26. The summed E-state index contributed by atoms with van der Waals surface area (Å²) in [5.74, 6) is -0.239. The van der Waals surface area contributed by atoms with Crippen LogP contribution < -0.4 is 0 Å². The molecule has 2 rings (SSSR count). The van der Waals surface area contributed by atoms with Gasteiger partial charge in [-0.2, -0.15) is 0 Å². The number of esters is 1. The molecule has 0 spiro atoms. The molecule has 1 aliphatic rings. The molecular weight excluding hydrogens is 343 g/mol. The Balaban J connectivity index is 2.10. The van der Waals surface area contributed by atoms with Crippen molar-refractivity contribution in [2.75, 3.05) is 7.11 Å². The van der Waals surface area contributed by atoms with E-state index < -0.39 is 0 Å². The maximum Gasteiger partial charge on any atom is 0.339 e. The molecular formula is C14H17IO3. The fourth-order valence-electron chi connectivity index (χ4n) is 2.30. The minimum atomic E-state index is -0.239. The van der Waals surface area contributed by atoms with Crippen molar-refractivity contribution in [1.29, 1.82) is 0 Å². The fourth-order valence-corrected chi connectivity index (χ4v) is 2.88. The Morgan fingerprint density at radius 1 is 1.33 bits per heavy atom. The van der Waals surface area contributed by atoms with Gasteiger partial charge >= 0.3 is 5.97 Å². The van der Waals surface area contributed by atoms with Gasteiger partial charge in [0.15, 0.2) is 0 Å². The summed E-state index contributed by atoms with van der Waals surface area (Å²) in [4.78, 5) is 12.2. The molecule has 0 bridgehead atoms. The number of rotatable bonds is 3. The zero-order valence-electron chi connectivity index (χ0n) is 10.6. The number of benzene rings is 1. The number of ether oxygens (including phenoxy) is 2. The lowest BCUT2D eigenvalue weighted by atomic mass is 10.1. The summed E-state index contributed by atoms with van der Waals surface area (Å²) in [6.07, 6.45) is 2.88. The second kappa shape index (κ2) is 6.02. The van der Waals surface area contributed by atoms with Gasteiger partial charge in [-0.1, -0.05) is 12.1 Å². The van der Waals surface area contributed by atoms with Crippen molar-refractivity contribution in [3.05, 3.63) is 32.9 Å². The van der Waals surface area contributed by atoms with Crippen LogP contribution in [-0.2, 0) is 9.47 Å². The van der Waals surface area contributed by atoms with Crippen LogP contribution in [0.4, 0.5) is 0 Å². The molecule has 18 heavy (non-hydrogen) atoms. The maximum absolute atomic E-state index is 12.2. The third-order valence-corrected chi connectivity index (χ3v) is 4.80. The van der Waals surface area contributed by atoms with Crippen LogP contribution in [0.25, 0.3) is 0 Å². The van der Waals surface area contributed by atoms with Gasteiger partial charge in [0.05, 0.1) is 11.7 Å². The zero-order chi connectivity index (χ0) is 13.1. The van der Waals surface area contributed by atoms with Crippen LogP contribution in [0.2, 0.25) is 0 Å². The van der Waals surface area contributed by atoms with Gasteiger partial charge in [-0.3, -0.25) is 0 Å². The van der Waals surface area contributed by atoms with Crippen molar-refractivity contribution in [1.82, 2.24) is 0 Å². The molecule has 0 unspecified atom stereocenters. The summed E-state index contributed by atoms with van der Waals surface area (Å²) in [6, 6.07) is 5.69. The summed E-state index contributed by atoms with van der Waals surface area (Å²) >= 11 is 2.19. The number of halogens is 1. The summed E-state index contributed by atoms with van der Waals surface area (Å²) in [7, 11) is 1.67. The lowest BCUT2D eigenvalue weighted by Gasteiger charge is -2.19. The number of hydrogen-bond donors (Lipinski definition) is 0. The molecule has 4 heteroatoms. The van der Waals surface area contributed by atoms with E-state index in [4.69, 9.17) is 9.47 Å². The van der Waals surface area contributed by atoms with Crippen LogP contribution in [0.1, 0.15) is 35.2 Å². The molecule has 0 saturated heterocycles. The Morgan fingerprint density at radius 3 is 2.78 bits per heavy atom. The minimum absolute atomic E-state index is 0.0522. The van der Waals surface area contributed by atoms with Crippen molar-refractivity contribution in [3.8, 4) is 0 Å². The van der Waals surface area contributed by atoms with E-state index in [2.05, 4.69) is 22.6 Å². The van der Waals surface area contributed by atoms with Crippen LogP contribution in [0.5, 0.6) is 0 Å². The van der Waals surface area contributed by atoms with Crippen molar-refractivity contribution in [3.63, 3.8) is 0 Å². The number of hydrogen-bond acceptors (Lipinski definition) is 3. The highest BCUT2D eigenvalue weighted by atomic mass is 127. The van der Waals surface area contributed by atoms with Crippen LogP contribution in [0.3, 0.4) is 0 Å². The zero-order valence-corrected chi connectivity index (χ0v) is 12.8. The molecule has 0 aliphatic heterocycles. The molecule has 1 fully saturated rings. The van der Waals surface area contributed by atoms with Crippen molar-refractivity contribution < 1.29 is 14.3 Å². The Morgan fingerprint density at radius 2 is 2.06 bits per heavy atom. The van der Waals surface area contributed by atoms with Gasteiger partial charge in [-0.25, -0.2) is 4.79 Å². The lowest BCUT2D eigenvalue weighted by Crippen LogP contribution is -2.28. The summed E-state index contributed by atoms with van der Waals surface area (Å²) < 4.78 is 11.9. The molecule has 98 valence electrons. The fraction of sp³-hybridized carbons (Fsp3) is 0.500. The SMILES string of the molecule is CO[C@@H]1CCC[C@H]1OC(=O)c1cccc(C)c1I. The molecule has 1 aromatic rings.